The smallest absolute Gasteiger partial charge is 0.349 e. The van der Waals surface area contributed by atoms with Gasteiger partial charge >= 0.3 is 5.97 Å². The highest BCUT2D eigenvalue weighted by Crippen LogP contribution is 2.42. The van der Waals surface area contributed by atoms with Gasteiger partial charge in [0, 0.05) is 10.0 Å². The van der Waals surface area contributed by atoms with E-state index in [0.717, 1.165) is 10.9 Å². The van der Waals surface area contributed by atoms with E-state index in [4.69, 9.17) is 14.2 Å². The predicted molar refractivity (Wildman–Crippen MR) is 91.8 cm³/mol. The Balaban J connectivity index is 2.03. The Morgan fingerprint density at radius 2 is 1.92 bits per heavy atom. The molecule has 2 aromatic carbocycles. The van der Waals surface area contributed by atoms with Crippen molar-refractivity contribution in [3.8, 4) is 17.2 Å². The molecule has 3 rings (SSSR count). The second kappa shape index (κ2) is 7.13. The van der Waals surface area contributed by atoms with Crippen LogP contribution in [-0.2, 0) is 4.79 Å². The first-order valence-corrected chi connectivity index (χ1v) is 8.47. The molecule has 0 bridgehead atoms. The van der Waals surface area contributed by atoms with Crippen LogP contribution < -0.4 is 14.2 Å². The van der Waals surface area contributed by atoms with Gasteiger partial charge in [0.15, 0.2) is 17.6 Å². The molecule has 0 radical (unpaired) electrons. The van der Waals surface area contributed by atoms with Crippen molar-refractivity contribution in [1.29, 1.82) is 0 Å². The Morgan fingerprint density at radius 1 is 1.21 bits per heavy atom. The molecule has 6 heteroatoms. The zero-order valence-corrected chi connectivity index (χ0v) is 14.7. The van der Waals surface area contributed by atoms with Gasteiger partial charge in [0.05, 0.1) is 6.61 Å². The standard InChI is InChI=1S/C18H17BrO5/c1-2-9-22-13-8-7-11(19)10-12(13)16-17(18(20)21)24-15-6-4-3-5-14(15)23-16/h3-8,10,16-17H,2,9H2,1H3,(H,20,21). The topological polar surface area (TPSA) is 65.0 Å². The van der Waals surface area contributed by atoms with Crippen molar-refractivity contribution in [2.24, 2.45) is 0 Å². The molecule has 24 heavy (non-hydrogen) atoms. The van der Waals surface area contributed by atoms with Crippen molar-refractivity contribution >= 4 is 21.9 Å². The number of carboxylic acids is 1. The summed E-state index contributed by atoms with van der Waals surface area (Å²) in [6.45, 7) is 2.55. The van der Waals surface area contributed by atoms with Crippen LogP contribution >= 0.6 is 15.9 Å². The lowest BCUT2D eigenvalue weighted by Gasteiger charge is -2.32. The molecule has 0 aliphatic carbocycles. The summed E-state index contributed by atoms with van der Waals surface area (Å²) < 4.78 is 18.2. The summed E-state index contributed by atoms with van der Waals surface area (Å²) in [6.07, 6.45) is -1.11. The van der Waals surface area contributed by atoms with Gasteiger partial charge in [0.2, 0.25) is 6.10 Å². The van der Waals surface area contributed by atoms with Crippen molar-refractivity contribution in [3.05, 3.63) is 52.5 Å². The highest BCUT2D eigenvalue weighted by Gasteiger charge is 2.39. The van der Waals surface area contributed by atoms with Gasteiger partial charge in [0.25, 0.3) is 0 Å². The van der Waals surface area contributed by atoms with Crippen molar-refractivity contribution in [3.63, 3.8) is 0 Å². The lowest BCUT2D eigenvalue weighted by Crippen LogP contribution is -2.39. The summed E-state index contributed by atoms with van der Waals surface area (Å²) in [5.74, 6) is 0.448. The highest BCUT2D eigenvalue weighted by molar-refractivity contribution is 9.10. The van der Waals surface area contributed by atoms with Crippen LogP contribution in [0.5, 0.6) is 17.2 Å². The first kappa shape index (κ1) is 16.6. The number of benzene rings is 2. The number of hydrogen-bond acceptors (Lipinski definition) is 4. The van der Waals surface area contributed by atoms with Crippen molar-refractivity contribution in [1.82, 2.24) is 0 Å². The van der Waals surface area contributed by atoms with E-state index in [1.54, 1.807) is 24.3 Å². The molecule has 2 atom stereocenters. The molecule has 2 aromatic rings. The molecular formula is C18H17BrO5. The first-order chi connectivity index (χ1) is 11.6. The van der Waals surface area contributed by atoms with Gasteiger partial charge in [-0.25, -0.2) is 4.79 Å². The molecule has 1 heterocycles. The number of halogens is 1. The van der Waals surface area contributed by atoms with Crippen LogP contribution in [-0.4, -0.2) is 23.8 Å². The predicted octanol–water partition coefficient (Wildman–Crippen LogP) is 4.20. The zero-order chi connectivity index (χ0) is 17.1. The van der Waals surface area contributed by atoms with E-state index in [0.29, 0.717) is 29.4 Å². The maximum Gasteiger partial charge on any atom is 0.349 e. The minimum absolute atomic E-state index is 0.423. The molecular weight excluding hydrogens is 376 g/mol. The third-order valence-electron chi connectivity index (χ3n) is 3.62. The molecule has 5 nitrogen and oxygen atoms in total. The van der Waals surface area contributed by atoms with E-state index >= 15 is 0 Å². The SMILES string of the molecule is CCCOc1ccc(Br)cc1C1Oc2ccccc2OC1C(=O)O. The van der Waals surface area contributed by atoms with Gasteiger partial charge in [0.1, 0.15) is 5.75 Å². The van der Waals surface area contributed by atoms with Crippen LogP contribution in [0.15, 0.2) is 46.9 Å². The molecule has 1 aliphatic heterocycles. The number of aliphatic carboxylic acids is 1. The molecule has 1 N–H and O–H groups in total. The Labute approximate surface area is 148 Å². The second-order valence-electron chi connectivity index (χ2n) is 5.39. The Hall–Kier alpha value is -2.21. The van der Waals surface area contributed by atoms with Crippen LogP contribution in [0.25, 0.3) is 0 Å². The van der Waals surface area contributed by atoms with Crippen molar-refractivity contribution in [2.75, 3.05) is 6.61 Å². The fraction of sp³-hybridized carbons (Fsp3) is 0.278. The maximum atomic E-state index is 11.7. The normalized spacial score (nSPS) is 18.9. The van der Waals surface area contributed by atoms with E-state index in [1.807, 2.05) is 25.1 Å². The van der Waals surface area contributed by atoms with E-state index in [-0.39, 0.29) is 0 Å². The number of para-hydroxylation sites is 2. The van der Waals surface area contributed by atoms with Crippen molar-refractivity contribution in [2.45, 2.75) is 25.6 Å². The molecule has 0 aromatic heterocycles. The molecule has 0 saturated carbocycles. The summed E-state index contributed by atoms with van der Waals surface area (Å²) in [4.78, 5) is 11.7. The third-order valence-corrected chi connectivity index (χ3v) is 4.11. The molecule has 126 valence electrons. The van der Waals surface area contributed by atoms with Crippen molar-refractivity contribution < 1.29 is 24.1 Å². The second-order valence-corrected chi connectivity index (χ2v) is 6.31. The summed E-state index contributed by atoms with van der Waals surface area (Å²) >= 11 is 3.42. The lowest BCUT2D eigenvalue weighted by atomic mass is 10.0. The van der Waals surface area contributed by atoms with E-state index < -0.39 is 18.2 Å². The van der Waals surface area contributed by atoms with Crippen LogP contribution in [0, 0.1) is 0 Å². The Morgan fingerprint density at radius 3 is 2.58 bits per heavy atom. The van der Waals surface area contributed by atoms with Gasteiger partial charge in [-0.2, -0.15) is 0 Å². The summed E-state index contributed by atoms with van der Waals surface area (Å²) in [6, 6.07) is 12.5. The fourth-order valence-corrected chi connectivity index (χ4v) is 2.91. The Kier molecular flexibility index (Phi) is 4.94. The van der Waals surface area contributed by atoms with Crippen LogP contribution in [0.2, 0.25) is 0 Å². The molecule has 1 aliphatic rings. The Bertz CT molecular complexity index is 746. The average Bonchev–Trinajstić information content (AvgIpc) is 2.59. The molecule has 0 amide bonds. The van der Waals surface area contributed by atoms with Gasteiger partial charge in [-0.15, -0.1) is 0 Å². The molecule has 0 fully saturated rings. The molecule has 0 saturated heterocycles. The number of carbonyl (C=O) groups is 1. The van der Waals surface area contributed by atoms with Gasteiger partial charge in [-0.1, -0.05) is 35.0 Å². The van der Waals surface area contributed by atoms with Crippen LogP contribution in [0.1, 0.15) is 25.0 Å². The van der Waals surface area contributed by atoms with Gasteiger partial charge in [-0.05, 0) is 36.8 Å². The number of rotatable bonds is 5. The summed E-state index contributed by atoms with van der Waals surface area (Å²) in [7, 11) is 0. The summed E-state index contributed by atoms with van der Waals surface area (Å²) in [5, 5.41) is 9.57. The quantitative estimate of drug-likeness (QED) is 0.825. The number of carboxylic acid groups (broad SMARTS) is 1. The lowest BCUT2D eigenvalue weighted by molar-refractivity contribution is -0.151. The van der Waals surface area contributed by atoms with Crippen LogP contribution in [0.4, 0.5) is 0 Å². The zero-order valence-electron chi connectivity index (χ0n) is 13.1. The van der Waals surface area contributed by atoms with Crippen LogP contribution in [0.3, 0.4) is 0 Å². The monoisotopic (exact) mass is 392 g/mol. The molecule has 0 spiro atoms. The summed E-state index contributed by atoms with van der Waals surface area (Å²) in [5.41, 5.74) is 0.639. The average molecular weight is 393 g/mol. The number of fused-ring (bicyclic) bond motifs is 1. The minimum Gasteiger partial charge on any atom is -0.493 e. The van der Waals surface area contributed by atoms with Gasteiger partial charge < -0.3 is 19.3 Å². The first-order valence-electron chi connectivity index (χ1n) is 7.67. The molecule has 2 unspecified atom stereocenters. The minimum atomic E-state index is -1.15. The van der Waals surface area contributed by atoms with E-state index in [1.165, 1.54) is 0 Å². The van der Waals surface area contributed by atoms with E-state index in [2.05, 4.69) is 15.9 Å². The van der Waals surface area contributed by atoms with E-state index in [9.17, 15) is 9.90 Å². The number of hydrogen-bond donors (Lipinski definition) is 1. The number of ether oxygens (including phenoxy) is 3. The maximum absolute atomic E-state index is 11.7. The fourth-order valence-electron chi connectivity index (χ4n) is 2.53. The third kappa shape index (κ3) is 3.33. The largest absolute Gasteiger partial charge is 0.493 e. The highest BCUT2D eigenvalue weighted by atomic mass is 79.9. The van der Waals surface area contributed by atoms with Gasteiger partial charge in [-0.3, -0.25) is 0 Å².